The molecule has 0 aliphatic heterocycles. The molecule has 1 aromatic carbocycles. The maximum atomic E-state index is 6.18. The van der Waals surface area contributed by atoms with Crippen LogP contribution >= 0.6 is 0 Å². The standard InChI is InChI=1S/C20H23N7O/c1-2-7-16(26-14-8-4-3-5-9-14)18-17(11-13-24-19(18)22)28-27(23)20-15(21)10-6-12-25-20/h3-13,26H,2,21,23H2,1H3,(H2,22,24)/b16-7+. The first-order valence-corrected chi connectivity index (χ1v) is 8.80. The molecule has 0 bridgehead atoms. The first kappa shape index (κ1) is 19.0. The third kappa shape index (κ3) is 4.30. The van der Waals surface area contributed by atoms with Gasteiger partial charge in [0, 0.05) is 29.8 Å². The third-order valence-corrected chi connectivity index (χ3v) is 3.89. The first-order valence-electron chi connectivity index (χ1n) is 8.80. The summed E-state index contributed by atoms with van der Waals surface area (Å²) in [5.41, 5.74) is 14.8. The summed E-state index contributed by atoms with van der Waals surface area (Å²) in [7, 11) is 0. The van der Waals surface area contributed by atoms with E-state index in [1.807, 2.05) is 43.3 Å². The zero-order valence-corrected chi connectivity index (χ0v) is 15.5. The molecule has 0 fully saturated rings. The SMILES string of the molecule is CC/C=C(/Nc1ccccc1)c1c(ON(N)c2ncccc2N)ccnc1N. The number of hydrazine groups is 1. The van der Waals surface area contributed by atoms with Gasteiger partial charge in [-0.2, -0.15) is 0 Å². The lowest BCUT2D eigenvalue weighted by molar-refractivity contribution is 0.279. The van der Waals surface area contributed by atoms with Gasteiger partial charge in [-0.3, -0.25) is 0 Å². The monoisotopic (exact) mass is 377 g/mol. The van der Waals surface area contributed by atoms with Crippen LogP contribution in [0.3, 0.4) is 0 Å². The molecule has 0 amide bonds. The lowest BCUT2D eigenvalue weighted by atomic mass is 10.1. The van der Waals surface area contributed by atoms with Crippen LogP contribution in [0.5, 0.6) is 5.75 Å². The molecule has 0 spiro atoms. The van der Waals surface area contributed by atoms with Gasteiger partial charge in [-0.25, -0.2) is 15.8 Å². The molecule has 0 atom stereocenters. The van der Waals surface area contributed by atoms with Crippen molar-refractivity contribution in [2.75, 3.05) is 22.0 Å². The van der Waals surface area contributed by atoms with Gasteiger partial charge in [0.05, 0.1) is 11.3 Å². The smallest absolute Gasteiger partial charge is 0.205 e. The molecule has 0 aliphatic rings. The van der Waals surface area contributed by atoms with E-state index in [1.54, 1.807) is 30.6 Å². The Morgan fingerprint density at radius 1 is 1.07 bits per heavy atom. The molecule has 8 nitrogen and oxygen atoms in total. The minimum atomic E-state index is 0.292. The Kier molecular flexibility index (Phi) is 5.93. The summed E-state index contributed by atoms with van der Waals surface area (Å²) in [4.78, 5) is 14.2. The molecule has 7 N–H and O–H groups in total. The van der Waals surface area contributed by atoms with Gasteiger partial charge in [-0.05, 0) is 30.7 Å². The number of hydrogen-bond donors (Lipinski definition) is 4. The average Bonchev–Trinajstić information content (AvgIpc) is 2.69. The third-order valence-electron chi connectivity index (χ3n) is 3.89. The van der Waals surface area contributed by atoms with Gasteiger partial charge in [0.25, 0.3) is 0 Å². The number of anilines is 4. The van der Waals surface area contributed by atoms with Gasteiger partial charge in [-0.15, -0.1) is 5.17 Å². The fraction of sp³-hybridized carbons (Fsp3) is 0.100. The van der Waals surface area contributed by atoms with Crippen LogP contribution in [0.25, 0.3) is 5.70 Å². The zero-order chi connectivity index (χ0) is 19.9. The van der Waals surface area contributed by atoms with E-state index in [1.165, 1.54) is 0 Å². The second-order valence-electron chi connectivity index (χ2n) is 5.92. The van der Waals surface area contributed by atoms with Gasteiger partial charge >= 0.3 is 0 Å². The molecule has 2 aromatic heterocycles. The second kappa shape index (κ2) is 8.74. The largest absolute Gasteiger partial charge is 0.396 e. The van der Waals surface area contributed by atoms with E-state index in [9.17, 15) is 0 Å². The number of benzene rings is 1. The van der Waals surface area contributed by atoms with Crippen molar-refractivity contribution in [2.24, 2.45) is 5.84 Å². The maximum absolute atomic E-state index is 6.18. The van der Waals surface area contributed by atoms with Crippen LogP contribution < -0.4 is 32.6 Å². The van der Waals surface area contributed by atoms with Crippen LogP contribution in [0.2, 0.25) is 0 Å². The fourth-order valence-corrected chi connectivity index (χ4v) is 2.65. The molecule has 3 rings (SSSR count). The molecule has 8 heteroatoms. The molecule has 0 aliphatic carbocycles. The molecular weight excluding hydrogens is 354 g/mol. The lowest BCUT2D eigenvalue weighted by Crippen LogP contribution is -2.36. The highest BCUT2D eigenvalue weighted by atomic mass is 16.7. The highest BCUT2D eigenvalue weighted by molar-refractivity contribution is 5.84. The number of hydrogen-bond acceptors (Lipinski definition) is 8. The number of allylic oxidation sites excluding steroid dienone is 1. The molecule has 0 saturated heterocycles. The number of nitrogens with one attached hydrogen (secondary N) is 1. The van der Waals surface area contributed by atoms with Gasteiger partial charge in [0.2, 0.25) is 5.82 Å². The molecule has 0 unspecified atom stereocenters. The van der Waals surface area contributed by atoms with Crippen molar-refractivity contribution in [1.29, 1.82) is 0 Å². The van der Waals surface area contributed by atoms with E-state index in [2.05, 4.69) is 15.3 Å². The Balaban J connectivity index is 1.96. The van der Waals surface area contributed by atoms with E-state index in [0.717, 1.165) is 23.0 Å². The van der Waals surface area contributed by atoms with Crippen LogP contribution in [0.4, 0.5) is 23.0 Å². The van der Waals surface area contributed by atoms with Gasteiger partial charge in [-0.1, -0.05) is 31.2 Å². The first-order chi connectivity index (χ1) is 13.6. The average molecular weight is 377 g/mol. The van der Waals surface area contributed by atoms with Crippen LogP contribution in [-0.4, -0.2) is 9.97 Å². The Bertz CT molecular complexity index is 960. The molecule has 3 aromatic rings. The molecule has 2 heterocycles. The highest BCUT2D eigenvalue weighted by Gasteiger charge is 2.18. The quantitative estimate of drug-likeness (QED) is 0.365. The van der Waals surface area contributed by atoms with Crippen LogP contribution in [0.1, 0.15) is 18.9 Å². The van der Waals surface area contributed by atoms with Gasteiger partial charge < -0.3 is 21.6 Å². The van der Waals surface area contributed by atoms with Crippen molar-refractivity contribution in [2.45, 2.75) is 13.3 Å². The van der Waals surface area contributed by atoms with Crippen LogP contribution in [0.15, 0.2) is 67.0 Å². The van der Waals surface area contributed by atoms with Crippen LogP contribution in [0, 0.1) is 0 Å². The lowest BCUT2D eigenvalue weighted by Gasteiger charge is -2.22. The zero-order valence-electron chi connectivity index (χ0n) is 15.5. The number of nitrogens with two attached hydrogens (primary N) is 3. The van der Waals surface area contributed by atoms with E-state index in [0.29, 0.717) is 28.6 Å². The van der Waals surface area contributed by atoms with E-state index >= 15 is 0 Å². The topological polar surface area (TPSA) is 128 Å². The fourth-order valence-electron chi connectivity index (χ4n) is 2.65. The number of rotatable bonds is 7. The van der Waals surface area contributed by atoms with Crippen molar-refractivity contribution >= 4 is 28.7 Å². The van der Waals surface area contributed by atoms with Gasteiger partial charge in [0.15, 0.2) is 5.75 Å². The van der Waals surface area contributed by atoms with Crippen LogP contribution in [-0.2, 0) is 0 Å². The van der Waals surface area contributed by atoms with E-state index < -0.39 is 0 Å². The van der Waals surface area contributed by atoms with Crippen molar-refractivity contribution in [3.8, 4) is 5.75 Å². The molecule has 144 valence electrons. The minimum absolute atomic E-state index is 0.292. The summed E-state index contributed by atoms with van der Waals surface area (Å²) in [6, 6.07) is 14.8. The summed E-state index contributed by atoms with van der Waals surface area (Å²) in [6.45, 7) is 2.03. The number of nitrogen functional groups attached to an aromatic ring is 2. The Morgan fingerprint density at radius 2 is 1.86 bits per heavy atom. The van der Waals surface area contributed by atoms with Gasteiger partial charge in [0.1, 0.15) is 5.82 Å². The molecular formula is C20H23N7O. The Morgan fingerprint density at radius 3 is 2.57 bits per heavy atom. The van der Waals surface area contributed by atoms with Crippen molar-refractivity contribution in [1.82, 2.24) is 9.97 Å². The maximum Gasteiger partial charge on any atom is 0.205 e. The molecule has 0 saturated carbocycles. The summed E-state index contributed by atoms with van der Waals surface area (Å²) < 4.78 is 0. The molecule has 0 radical (unpaired) electrons. The number of nitrogens with zero attached hydrogens (tertiary/aromatic N) is 3. The summed E-state index contributed by atoms with van der Waals surface area (Å²) in [5.74, 6) is 7.06. The van der Waals surface area contributed by atoms with E-state index in [-0.39, 0.29) is 0 Å². The number of pyridine rings is 2. The Hall–Kier alpha value is -3.78. The minimum Gasteiger partial charge on any atom is -0.396 e. The van der Waals surface area contributed by atoms with Crippen molar-refractivity contribution in [3.05, 3.63) is 72.6 Å². The second-order valence-corrected chi connectivity index (χ2v) is 5.92. The molecule has 28 heavy (non-hydrogen) atoms. The predicted octanol–water partition coefficient (Wildman–Crippen LogP) is 3.18. The normalized spacial score (nSPS) is 11.1. The number of para-hydroxylation sites is 1. The van der Waals surface area contributed by atoms with E-state index in [4.69, 9.17) is 22.1 Å². The Labute approximate surface area is 163 Å². The predicted molar refractivity (Wildman–Crippen MR) is 113 cm³/mol. The highest BCUT2D eigenvalue weighted by Crippen LogP contribution is 2.32. The summed E-state index contributed by atoms with van der Waals surface area (Å²) in [5, 5.41) is 4.38. The number of aromatic nitrogens is 2. The van der Waals surface area contributed by atoms with Crippen molar-refractivity contribution < 1.29 is 4.84 Å². The summed E-state index contributed by atoms with van der Waals surface area (Å²) >= 11 is 0. The van der Waals surface area contributed by atoms with Crippen molar-refractivity contribution in [3.63, 3.8) is 0 Å². The summed E-state index contributed by atoms with van der Waals surface area (Å²) in [6.07, 6.45) is 5.91.